The van der Waals surface area contributed by atoms with E-state index in [4.69, 9.17) is 14.2 Å². The molecule has 0 amide bonds. The summed E-state index contributed by atoms with van der Waals surface area (Å²) in [6.45, 7) is 7.52. The normalized spacial score (nSPS) is 21.9. The number of hydrogen-bond donors (Lipinski definition) is 0. The molecule has 1 unspecified atom stereocenters. The average Bonchev–Trinajstić information content (AvgIpc) is 2.64. The van der Waals surface area contributed by atoms with Gasteiger partial charge in [-0.15, -0.1) is 0 Å². The molecule has 1 aliphatic heterocycles. The van der Waals surface area contributed by atoms with Gasteiger partial charge in [0.1, 0.15) is 0 Å². The highest BCUT2D eigenvalue weighted by Crippen LogP contribution is 2.45. The van der Waals surface area contributed by atoms with Crippen LogP contribution in [0.3, 0.4) is 0 Å². The average molecular weight is 371 g/mol. The Morgan fingerprint density at radius 3 is 2.45 bits per heavy atom. The molecule has 1 heterocycles. The first-order valence-electron chi connectivity index (χ1n) is 7.80. The minimum absolute atomic E-state index is 0.156. The molecule has 0 saturated heterocycles. The van der Waals surface area contributed by atoms with E-state index >= 15 is 0 Å². The predicted octanol–water partition coefficient (Wildman–Crippen LogP) is 4.69. The van der Waals surface area contributed by atoms with Crippen molar-refractivity contribution < 1.29 is 14.2 Å². The van der Waals surface area contributed by atoms with Crippen LogP contribution in [0.2, 0.25) is 0 Å². The van der Waals surface area contributed by atoms with Crippen LogP contribution in [0.1, 0.15) is 44.7 Å². The lowest BCUT2D eigenvalue weighted by Gasteiger charge is -2.37. The maximum absolute atomic E-state index is 6.31. The van der Waals surface area contributed by atoms with Gasteiger partial charge in [0, 0.05) is 11.9 Å². The molecule has 1 aliphatic rings. The third-order valence-electron chi connectivity index (χ3n) is 4.37. The summed E-state index contributed by atoms with van der Waals surface area (Å²) < 4.78 is 17.3. The van der Waals surface area contributed by atoms with Crippen LogP contribution in [0.15, 0.2) is 12.1 Å². The summed E-state index contributed by atoms with van der Waals surface area (Å²) in [5, 5.41) is 0.946. The molecule has 0 bridgehead atoms. The summed E-state index contributed by atoms with van der Waals surface area (Å²) in [4.78, 5) is 0. The van der Waals surface area contributed by atoms with E-state index in [1.54, 1.807) is 14.2 Å². The Balaban J connectivity index is 2.51. The molecule has 0 aromatic heterocycles. The Labute approximate surface area is 142 Å². The first-order chi connectivity index (χ1) is 10.3. The van der Waals surface area contributed by atoms with Crippen LogP contribution >= 0.6 is 15.9 Å². The van der Waals surface area contributed by atoms with Gasteiger partial charge in [-0.1, -0.05) is 29.8 Å². The van der Waals surface area contributed by atoms with E-state index < -0.39 is 0 Å². The topological polar surface area (TPSA) is 27.7 Å². The zero-order chi connectivity index (χ0) is 16.4. The fourth-order valence-electron chi connectivity index (χ4n) is 3.36. The van der Waals surface area contributed by atoms with E-state index in [0.29, 0.717) is 0 Å². The van der Waals surface area contributed by atoms with Crippen molar-refractivity contribution in [3.05, 3.63) is 23.3 Å². The van der Waals surface area contributed by atoms with Crippen molar-refractivity contribution in [2.24, 2.45) is 5.41 Å². The molecule has 0 aliphatic carbocycles. The van der Waals surface area contributed by atoms with E-state index in [-0.39, 0.29) is 11.0 Å². The molecule has 0 fully saturated rings. The molecule has 124 valence electrons. The number of benzene rings is 1. The Kier molecular flexibility index (Phi) is 5.44. The van der Waals surface area contributed by atoms with Crippen molar-refractivity contribution in [3.63, 3.8) is 0 Å². The van der Waals surface area contributed by atoms with Crippen LogP contribution in [0, 0.1) is 5.41 Å². The van der Waals surface area contributed by atoms with E-state index in [1.807, 2.05) is 0 Å². The Bertz CT molecular complexity index is 527. The van der Waals surface area contributed by atoms with Crippen molar-refractivity contribution >= 4 is 15.9 Å². The number of methoxy groups -OCH3 is 2. The maximum atomic E-state index is 6.31. The predicted molar refractivity (Wildman–Crippen MR) is 93.4 cm³/mol. The molecular weight excluding hydrogens is 344 g/mol. The molecule has 22 heavy (non-hydrogen) atoms. The standard InChI is InChI=1S/C18H27BrO3/c1-17(2,12-19)11-18(3)14-10-16(21-5)15(20-4)9-13(14)7-6-8-22-18/h9-10H,6-8,11-12H2,1-5H3. The fraction of sp³-hybridized carbons (Fsp3) is 0.667. The number of aryl methyl sites for hydroxylation is 1. The minimum atomic E-state index is -0.303. The minimum Gasteiger partial charge on any atom is -0.493 e. The van der Waals surface area contributed by atoms with Crippen LogP contribution in [0.4, 0.5) is 0 Å². The molecule has 2 rings (SSSR count). The summed E-state index contributed by atoms with van der Waals surface area (Å²) in [5.41, 5.74) is 2.39. The number of ether oxygens (including phenoxy) is 3. The second-order valence-electron chi connectivity index (χ2n) is 7.02. The zero-order valence-electron chi connectivity index (χ0n) is 14.3. The highest BCUT2D eigenvalue weighted by atomic mass is 79.9. The maximum Gasteiger partial charge on any atom is 0.161 e. The van der Waals surface area contributed by atoms with E-state index in [1.165, 1.54) is 11.1 Å². The molecule has 4 heteroatoms. The largest absolute Gasteiger partial charge is 0.493 e. The quantitative estimate of drug-likeness (QED) is 0.703. The van der Waals surface area contributed by atoms with Gasteiger partial charge in [-0.05, 0) is 54.9 Å². The summed E-state index contributed by atoms with van der Waals surface area (Å²) in [5.74, 6) is 1.57. The molecule has 1 aromatic rings. The SMILES string of the molecule is COc1cc2c(cc1OC)C(C)(CC(C)(C)CBr)OCCC2. The molecule has 1 atom stereocenters. The van der Waals surface area contributed by atoms with Crippen LogP contribution in [-0.2, 0) is 16.8 Å². The fourth-order valence-corrected chi connectivity index (χ4v) is 3.56. The summed E-state index contributed by atoms with van der Waals surface area (Å²) in [7, 11) is 3.37. The van der Waals surface area contributed by atoms with Gasteiger partial charge in [0.25, 0.3) is 0 Å². The van der Waals surface area contributed by atoms with E-state index in [2.05, 4.69) is 48.8 Å². The van der Waals surface area contributed by atoms with Gasteiger partial charge in [-0.3, -0.25) is 0 Å². The molecule has 3 nitrogen and oxygen atoms in total. The van der Waals surface area contributed by atoms with Crippen LogP contribution in [0.25, 0.3) is 0 Å². The van der Waals surface area contributed by atoms with Gasteiger partial charge in [0.2, 0.25) is 0 Å². The highest BCUT2D eigenvalue weighted by molar-refractivity contribution is 9.09. The number of hydrogen-bond acceptors (Lipinski definition) is 3. The third-order valence-corrected chi connectivity index (χ3v) is 5.89. The molecular formula is C18H27BrO3. The number of alkyl halides is 1. The zero-order valence-corrected chi connectivity index (χ0v) is 15.9. The molecule has 1 aromatic carbocycles. The van der Waals surface area contributed by atoms with Gasteiger partial charge in [-0.2, -0.15) is 0 Å². The second-order valence-corrected chi connectivity index (χ2v) is 7.58. The van der Waals surface area contributed by atoms with Crippen molar-refractivity contribution in [2.75, 3.05) is 26.2 Å². The highest BCUT2D eigenvalue weighted by Gasteiger charge is 2.38. The van der Waals surface area contributed by atoms with Crippen molar-refractivity contribution in [1.29, 1.82) is 0 Å². The Hall–Kier alpha value is -0.740. The summed E-state index contributed by atoms with van der Waals surface area (Å²) in [6.07, 6.45) is 3.00. The van der Waals surface area contributed by atoms with Crippen LogP contribution in [0.5, 0.6) is 11.5 Å². The molecule has 0 saturated carbocycles. The van der Waals surface area contributed by atoms with Gasteiger partial charge in [0.05, 0.1) is 19.8 Å². The first-order valence-corrected chi connectivity index (χ1v) is 8.93. The number of rotatable bonds is 5. The van der Waals surface area contributed by atoms with Crippen molar-refractivity contribution in [3.8, 4) is 11.5 Å². The molecule has 0 N–H and O–H groups in total. The van der Waals surface area contributed by atoms with E-state index in [0.717, 1.165) is 42.7 Å². The van der Waals surface area contributed by atoms with Gasteiger partial charge in [-0.25, -0.2) is 0 Å². The van der Waals surface area contributed by atoms with Gasteiger partial charge >= 0.3 is 0 Å². The molecule has 0 radical (unpaired) electrons. The third kappa shape index (κ3) is 3.60. The second kappa shape index (κ2) is 6.79. The van der Waals surface area contributed by atoms with Crippen LogP contribution < -0.4 is 9.47 Å². The number of halogens is 1. The monoisotopic (exact) mass is 370 g/mol. The Morgan fingerprint density at radius 2 is 1.86 bits per heavy atom. The van der Waals surface area contributed by atoms with Crippen molar-refractivity contribution in [1.82, 2.24) is 0 Å². The van der Waals surface area contributed by atoms with Gasteiger partial charge in [0.15, 0.2) is 11.5 Å². The first kappa shape index (κ1) is 17.6. The lowest BCUT2D eigenvalue weighted by atomic mass is 9.77. The molecule has 0 spiro atoms. The van der Waals surface area contributed by atoms with E-state index in [9.17, 15) is 0 Å². The van der Waals surface area contributed by atoms with Crippen LogP contribution in [-0.4, -0.2) is 26.2 Å². The lowest BCUT2D eigenvalue weighted by Crippen LogP contribution is -2.33. The van der Waals surface area contributed by atoms with Crippen molar-refractivity contribution in [2.45, 2.75) is 45.6 Å². The van der Waals surface area contributed by atoms with Gasteiger partial charge < -0.3 is 14.2 Å². The summed E-state index contributed by atoms with van der Waals surface area (Å²) >= 11 is 3.63. The number of fused-ring (bicyclic) bond motifs is 1. The Morgan fingerprint density at radius 1 is 1.23 bits per heavy atom. The lowest BCUT2D eigenvalue weighted by molar-refractivity contribution is -0.0583. The smallest absolute Gasteiger partial charge is 0.161 e. The summed E-state index contributed by atoms with van der Waals surface area (Å²) in [6, 6.07) is 4.21.